The van der Waals surface area contributed by atoms with Crippen LogP contribution < -0.4 is 15.0 Å². The van der Waals surface area contributed by atoms with Crippen molar-refractivity contribution in [2.45, 2.75) is 31.9 Å². The van der Waals surface area contributed by atoms with Crippen LogP contribution in [0.1, 0.15) is 30.5 Å². The van der Waals surface area contributed by atoms with Crippen LogP contribution in [0.15, 0.2) is 48.8 Å². The van der Waals surface area contributed by atoms with Crippen molar-refractivity contribution in [2.24, 2.45) is 0 Å². The van der Waals surface area contributed by atoms with Gasteiger partial charge in [-0.2, -0.15) is 9.78 Å². The van der Waals surface area contributed by atoms with Crippen molar-refractivity contribution in [2.75, 3.05) is 18.6 Å². The number of anilines is 1. The third-order valence-corrected chi connectivity index (χ3v) is 5.42. The molecular weight excluding hydrogens is 470 g/mol. The van der Waals surface area contributed by atoms with Crippen molar-refractivity contribution < 1.29 is 28.2 Å². The lowest BCUT2D eigenvalue weighted by Gasteiger charge is -2.20. The molecule has 0 spiro atoms. The normalized spacial score (nSPS) is 15.3. The van der Waals surface area contributed by atoms with Crippen molar-refractivity contribution in [1.29, 1.82) is 0 Å². The number of benzene rings is 2. The number of nitrogens with zero attached hydrogens (tertiary/aromatic N) is 3. The molecule has 2 amide bonds. The van der Waals surface area contributed by atoms with Crippen LogP contribution in [0.2, 0.25) is 0 Å². The zero-order chi connectivity index (χ0) is 26.0. The first-order chi connectivity index (χ1) is 17.0. The van der Waals surface area contributed by atoms with E-state index in [0.29, 0.717) is 22.6 Å². The first-order valence-electron chi connectivity index (χ1n) is 11.1. The van der Waals surface area contributed by atoms with Gasteiger partial charge in [-0.3, -0.25) is 4.79 Å². The highest BCUT2D eigenvalue weighted by molar-refractivity contribution is 6.00. The number of fused-ring (bicyclic) bond motifs is 1. The van der Waals surface area contributed by atoms with Crippen LogP contribution in [0.25, 0.3) is 0 Å². The molecule has 0 fully saturated rings. The van der Waals surface area contributed by atoms with E-state index in [-0.39, 0.29) is 18.6 Å². The second-order valence-corrected chi connectivity index (χ2v) is 8.91. The van der Waals surface area contributed by atoms with E-state index in [1.54, 1.807) is 39.1 Å². The smallest absolute Gasteiger partial charge is 0.342 e. The molecule has 36 heavy (non-hydrogen) atoms. The Bertz CT molecular complexity index is 1380. The minimum Gasteiger partial charge on any atom is -0.489 e. The summed E-state index contributed by atoms with van der Waals surface area (Å²) in [5, 5.41) is 16.4. The van der Waals surface area contributed by atoms with E-state index in [1.165, 1.54) is 23.4 Å². The van der Waals surface area contributed by atoms with Crippen LogP contribution in [0.5, 0.6) is 5.75 Å². The number of carbonyl (C=O) groups is 2. The zero-order valence-corrected chi connectivity index (χ0v) is 19.9. The van der Waals surface area contributed by atoms with Crippen LogP contribution >= 0.6 is 0 Å². The largest absolute Gasteiger partial charge is 0.489 e. The predicted octanol–water partition coefficient (Wildman–Crippen LogP) is 2.86. The number of likely N-dealkylation sites (N-methyl/N-ethyl adjacent to an activating group) is 1. The van der Waals surface area contributed by atoms with Crippen molar-refractivity contribution in [3.05, 3.63) is 77.1 Å². The predicted molar refractivity (Wildman–Crippen MR) is 128 cm³/mol. The molecule has 4 rings (SSSR count). The Kier molecular flexibility index (Phi) is 6.77. The molecule has 10 heteroatoms. The summed E-state index contributed by atoms with van der Waals surface area (Å²) in [6, 6.07) is 6.67. The molecule has 0 saturated heterocycles. The fourth-order valence-corrected chi connectivity index (χ4v) is 3.57. The summed E-state index contributed by atoms with van der Waals surface area (Å²) in [7, 11) is 1.56. The quantitative estimate of drug-likeness (QED) is 0.546. The standard InChI is InChI=1S/C26H24F2N4O4/c1-26(2,35)9-8-16-4-7-23-22(11-16)31(3)24(33)21(15-36-23)30-25(34)32-14-17(13-29-32)10-18-5-6-19(27)12-20(18)28/h4-7,11-14,21,35H,10,15H2,1-3H3,(H,30,34). The van der Waals surface area contributed by atoms with Gasteiger partial charge in [0.05, 0.1) is 11.9 Å². The van der Waals surface area contributed by atoms with Gasteiger partial charge < -0.3 is 20.1 Å². The molecule has 1 aromatic heterocycles. The number of nitrogens with one attached hydrogen (secondary N) is 1. The van der Waals surface area contributed by atoms with Crippen LogP contribution in [0.4, 0.5) is 19.3 Å². The van der Waals surface area contributed by atoms with E-state index in [2.05, 4.69) is 22.3 Å². The molecule has 3 aromatic rings. The number of rotatable bonds is 3. The van der Waals surface area contributed by atoms with Gasteiger partial charge in [-0.1, -0.05) is 17.9 Å². The molecule has 1 aliphatic heterocycles. The molecule has 1 aliphatic rings. The van der Waals surface area contributed by atoms with Crippen LogP contribution in [-0.4, -0.2) is 52.1 Å². The molecule has 2 aromatic carbocycles. The summed E-state index contributed by atoms with van der Waals surface area (Å²) in [6.07, 6.45) is 2.92. The summed E-state index contributed by atoms with van der Waals surface area (Å²) in [5.41, 5.74) is 0.684. The number of ether oxygens (including phenoxy) is 1. The lowest BCUT2D eigenvalue weighted by Crippen LogP contribution is -2.50. The third-order valence-electron chi connectivity index (χ3n) is 5.42. The van der Waals surface area contributed by atoms with Gasteiger partial charge in [0, 0.05) is 31.3 Å². The Morgan fingerprint density at radius 2 is 2.06 bits per heavy atom. The Balaban J connectivity index is 1.46. The number of carbonyl (C=O) groups excluding carboxylic acids is 2. The summed E-state index contributed by atoms with van der Waals surface area (Å²) in [4.78, 5) is 27.2. The van der Waals surface area contributed by atoms with Crippen molar-refractivity contribution in [1.82, 2.24) is 15.1 Å². The number of hydrogen-bond acceptors (Lipinski definition) is 5. The number of amides is 2. The van der Waals surface area contributed by atoms with E-state index in [4.69, 9.17) is 4.74 Å². The number of hydrogen-bond donors (Lipinski definition) is 2. The molecule has 8 nitrogen and oxygen atoms in total. The Morgan fingerprint density at radius 1 is 1.28 bits per heavy atom. The van der Waals surface area contributed by atoms with Crippen molar-refractivity contribution in [3.8, 4) is 17.6 Å². The average molecular weight is 494 g/mol. The van der Waals surface area contributed by atoms with Crippen LogP contribution in [0.3, 0.4) is 0 Å². The van der Waals surface area contributed by atoms with Gasteiger partial charge in [0.1, 0.15) is 35.6 Å². The molecule has 2 N–H and O–H groups in total. The van der Waals surface area contributed by atoms with Crippen LogP contribution in [-0.2, 0) is 11.2 Å². The molecular formula is C26H24F2N4O4. The molecule has 186 valence electrons. The van der Waals surface area contributed by atoms with Gasteiger partial charge in [-0.15, -0.1) is 0 Å². The molecule has 0 saturated carbocycles. The minimum absolute atomic E-state index is 0.106. The first kappa shape index (κ1) is 24.9. The van der Waals surface area contributed by atoms with E-state index in [9.17, 15) is 23.5 Å². The summed E-state index contributed by atoms with van der Waals surface area (Å²) in [6.45, 7) is 3.03. The number of aromatic nitrogens is 2. The molecule has 1 unspecified atom stereocenters. The lowest BCUT2D eigenvalue weighted by molar-refractivity contribution is -0.120. The minimum atomic E-state index is -1.17. The van der Waals surface area contributed by atoms with Crippen molar-refractivity contribution in [3.63, 3.8) is 0 Å². The van der Waals surface area contributed by atoms with Gasteiger partial charge in [0.15, 0.2) is 0 Å². The summed E-state index contributed by atoms with van der Waals surface area (Å²) in [5.74, 6) is 4.26. The van der Waals surface area contributed by atoms with Gasteiger partial charge in [0.25, 0.3) is 5.91 Å². The monoisotopic (exact) mass is 494 g/mol. The second-order valence-electron chi connectivity index (χ2n) is 8.91. The Labute approximate surface area is 206 Å². The molecule has 0 aliphatic carbocycles. The zero-order valence-electron chi connectivity index (χ0n) is 19.9. The second kappa shape index (κ2) is 9.79. The van der Waals surface area contributed by atoms with E-state index >= 15 is 0 Å². The maximum Gasteiger partial charge on any atom is 0.342 e. The van der Waals surface area contributed by atoms with E-state index in [0.717, 1.165) is 16.8 Å². The molecule has 0 bridgehead atoms. The maximum absolute atomic E-state index is 13.9. The third kappa shape index (κ3) is 5.70. The molecule has 0 radical (unpaired) electrons. The summed E-state index contributed by atoms with van der Waals surface area (Å²) >= 11 is 0. The summed E-state index contributed by atoms with van der Waals surface area (Å²) < 4.78 is 33.8. The Hall–Kier alpha value is -4.23. The highest BCUT2D eigenvalue weighted by atomic mass is 19.1. The number of halogens is 2. The van der Waals surface area contributed by atoms with Gasteiger partial charge in [-0.05, 0) is 49.2 Å². The lowest BCUT2D eigenvalue weighted by atomic mass is 10.1. The van der Waals surface area contributed by atoms with Crippen LogP contribution in [0, 0.1) is 23.5 Å². The van der Waals surface area contributed by atoms with E-state index in [1.807, 2.05) is 0 Å². The maximum atomic E-state index is 13.9. The molecule has 1 atom stereocenters. The van der Waals surface area contributed by atoms with Crippen molar-refractivity contribution >= 4 is 17.6 Å². The van der Waals surface area contributed by atoms with Gasteiger partial charge in [0.2, 0.25) is 0 Å². The SMILES string of the molecule is CN1C(=O)C(NC(=O)n2cc(Cc3ccc(F)cc3F)cn2)COc2ccc(C#CC(C)(C)O)cc21. The average Bonchev–Trinajstić information content (AvgIpc) is 3.25. The highest BCUT2D eigenvalue weighted by Gasteiger charge is 2.31. The fraction of sp³-hybridized carbons (Fsp3) is 0.269. The topological polar surface area (TPSA) is 96.7 Å². The van der Waals surface area contributed by atoms with Gasteiger partial charge in [-0.25, -0.2) is 13.6 Å². The van der Waals surface area contributed by atoms with Gasteiger partial charge >= 0.3 is 6.03 Å². The molecule has 2 heterocycles. The number of aliphatic hydroxyl groups is 1. The highest BCUT2D eigenvalue weighted by Crippen LogP contribution is 2.31. The fourth-order valence-electron chi connectivity index (χ4n) is 3.57. The van der Waals surface area contributed by atoms with E-state index < -0.39 is 35.2 Å². The Morgan fingerprint density at radius 3 is 2.78 bits per heavy atom. The first-order valence-corrected chi connectivity index (χ1v) is 11.1.